The van der Waals surface area contributed by atoms with Crippen molar-refractivity contribution in [2.75, 3.05) is 13.2 Å². The Morgan fingerprint density at radius 1 is 0.608 bits per heavy atom. The minimum Gasteiger partial charge on any atom is -0.481 e. The molecule has 0 bridgehead atoms. The van der Waals surface area contributed by atoms with Crippen LogP contribution in [-0.2, 0) is 34.6 Å². The Morgan fingerprint density at radius 3 is 1.98 bits per heavy atom. The SMILES string of the molecule is O=C(O)C1CCC(C2CCCCC2)CC1C(=O)NC1CCCC(S(=O)OC2CCCC(NOCC3CC(C4CCCCC4)CCC3COO)C2)C1. The minimum absolute atomic E-state index is 0.0972. The molecular weight excluding hydrogens is 669 g/mol. The van der Waals surface area contributed by atoms with Crippen LogP contribution in [0.25, 0.3) is 0 Å². The number of nitrogens with one attached hydrogen (secondary N) is 2. The molecule has 10 nitrogen and oxygen atoms in total. The molecule has 292 valence electrons. The smallest absolute Gasteiger partial charge is 0.307 e. The fourth-order valence-corrected chi connectivity index (χ4v) is 12.7. The summed E-state index contributed by atoms with van der Waals surface area (Å²) in [5, 5.41) is 22.3. The van der Waals surface area contributed by atoms with Gasteiger partial charge in [-0.1, -0.05) is 70.6 Å². The second-order valence-corrected chi connectivity index (χ2v) is 19.0. The van der Waals surface area contributed by atoms with Crippen molar-refractivity contribution in [3.8, 4) is 0 Å². The van der Waals surface area contributed by atoms with E-state index in [-0.39, 0.29) is 29.3 Å². The molecule has 0 saturated heterocycles. The van der Waals surface area contributed by atoms with Crippen molar-refractivity contribution in [1.82, 2.24) is 10.8 Å². The van der Waals surface area contributed by atoms with E-state index in [4.69, 9.17) is 9.02 Å². The number of carbonyl (C=O) groups excluding carboxylic acids is 1. The summed E-state index contributed by atoms with van der Waals surface area (Å²) in [4.78, 5) is 36.6. The Bertz CT molecular complexity index is 1120. The van der Waals surface area contributed by atoms with Crippen molar-refractivity contribution < 1.29 is 38.1 Å². The number of hydroxylamine groups is 1. The van der Waals surface area contributed by atoms with Crippen molar-refractivity contribution in [3.05, 3.63) is 0 Å². The number of hydrogen-bond donors (Lipinski definition) is 4. The van der Waals surface area contributed by atoms with E-state index in [9.17, 15) is 24.2 Å². The second-order valence-electron chi connectivity index (χ2n) is 17.6. The predicted octanol–water partition coefficient (Wildman–Crippen LogP) is 7.73. The average molecular weight is 737 g/mol. The number of hydrogen-bond acceptors (Lipinski definition) is 8. The topological polar surface area (TPSA) is 143 Å². The molecule has 11 atom stereocenters. The summed E-state index contributed by atoms with van der Waals surface area (Å²) in [6.07, 6.45) is 25.2. The molecule has 0 spiro atoms. The fourth-order valence-electron chi connectivity index (χ4n) is 11.3. The highest BCUT2D eigenvalue weighted by atomic mass is 32.2. The molecule has 6 saturated carbocycles. The number of carboxylic acid groups (broad SMARTS) is 1. The zero-order valence-corrected chi connectivity index (χ0v) is 31.9. The zero-order valence-electron chi connectivity index (χ0n) is 31.1. The lowest BCUT2D eigenvalue weighted by Gasteiger charge is -2.40. The predicted molar refractivity (Wildman–Crippen MR) is 197 cm³/mol. The molecule has 1 amide bonds. The lowest BCUT2D eigenvalue weighted by Crippen LogP contribution is -2.48. The Morgan fingerprint density at radius 2 is 1.27 bits per heavy atom. The summed E-state index contributed by atoms with van der Waals surface area (Å²) < 4.78 is 19.8. The fraction of sp³-hybridized carbons (Fsp3) is 0.950. The molecule has 6 rings (SSSR count). The summed E-state index contributed by atoms with van der Waals surface area (Å²) in [6, 6.07) is 0.0413. The highest BCUT2D eigenvalue weighted by molar-refractivity contribution is 7.80. The number of aliphatic carboxylic acids is 1. The first kappa shape index (κ1) is 39.6. The number of rotatable bonds is 14. The summed E-state index contributed by atoms with van der Waals surface area (Å²) in [5.41, 5.74) is 3.33. The van der Waals surface area contributed by atoms with Gasteiger partial charge in [0.05, 0.1) is 36.4 Å². The standard InChI is InChI=1S/C40H68N2O8S/c43-39(38-22-30(19-20-37(38)40(44)45)28-11-5-2-6-12-28)41-33-13-8-16-36(24-33)51(47)50-35-15-7-14-34(23-35)42-48-25-32-21-29(17-18-31(32)26-49-46)27-9-3-1-4-10-27/h27-38,42,46H,1-26H2,(H,41,43)(H,44,45). The van der Waals surface area contributed by atoms with Gasteiger partial charge in [-0.2, -0.15) is 5.48 Å². The molecule has 0 heterocycles. The number of amides is 1. The van der Waals surface area contributed by atoms with Crippen LogP contribution in [0.4, 0.5) is 0 Å². The van der Waals surface area contributed by atoms with Crippen LogP contribution in [0.15, 0.2) is 0 Å². The van der Waals surface area contributed by atoms with Gasteiger partial charge in [-0.3, -0.25) is 19.0 Å². The van der Waals surface area contributed by atoms with Crippen molar-refractivity contribution in [1.29, 1.82) is 0 Å². The average Bonchev–Trinajstić information content (AvgIpc) is 3.16. The highest BCUT2D eigenvalue weighted by Gasteiger charge is 2.43. The minimum atomic E-state index is -1.46. The zero-order chi connectivity index (χ0) is 35.6. The maximum Gasteiger partial charge on any atom is 0.307 e. The largest absolute Gasteiger partial charge is 0.481 e. The number of carboxylic acids is 1. The third kappa shape index (κ3) is 11.2. The molecule has 11 heteroatoms. The van der Waals surface area contributed by atoms with Gasteiger partial charge in [0, 0.05) is 12.1 Å². The van der Waals surface area contributed by atoms with Gasteiger partial charge >= 0.3 is 5.97 Å². The van der Waals surface area contributed by atoms with Gasteiger partial charge in [-0.15, -0.1) is 0 Å². The van der Waals surface area contributed by atoms with Crippen LogP contribution < -0.4 is 10.8 Å². The van der Waals surface area contributed by atoms with E-state index >= 15 is 0 Å². The monoisotopic (exact) mass is 736 g/mol. The van der Waals surface area contributed by atoms with E-state index in [1.54, 1.807) is 0 Å². The molecule has 0 aromatic carbocycles. The first-order valence-corrected chi connectivity index (χ1v) is 22.3. The first-order chi connectivity index (χ1) is 24.9. The summed E-state index contributed by atoms with van der Waals surface area (Å²) in [6.45, 7) is 0.974. The quantitative estimate of drug-likeness (QED) is 0.104. The van der Waals surface area contributed by atoms with Crippen LogP contribution in [0, 0.1) is 47.3 Å². The van der Waals surface area contributed by atoms with Gasteiger partial charge in [-0.05, 0) is 119 Å². The van der Waals surface area contributed by atoms with Crippen LogP contribution >= 0.6 is 0 Å². The third-order valence-corrected chi connectivity index (χ3v) is 15.7. The van der Waals surface area contributed by atoms with E-state index < -0.39 is 28.9 Å². The Kier molecular flexibility index (Phi) is 15.5. The highest BCUT2D eigenvalue weighted by Crippen LogP contribution is 2.44. The lowest BCUT2D eigenvalue weighted by atomic mass is 9.66. The van der Waals surface area contributed by atoms with Gasteiger partial charge in [0.2, 0.25) is 5.91 Å². The summed E-state index contributed by atoms with van der Waals surface area (Å²) >= 11 is -1.46. The molecule has 51 heavy (non-hydrogen) atoms. The maximum absolute atomic E-state index is 13.6. The van der Waals surface area contributed by atoms with Gasteiger partial charge in [0.25, 0.3) is 0 Å². The van der Waals surface area contributed by atoms with Gasteiger partial charge in [-0.25, -0.2) is 9.10 Å². The van der Waals surface area contributed by atoms with E-state index in [0.717, 1.165) is 76.0 Å². The van der Waals surface area contributed by atoms with E-state index in [1.807, 2.05) is 0 Å². The van der Waals surface area contributed by atoms with Crippen LogP contribution in [0.3, 0.4) is 0 Å². The Labute approximate surface area is 309 Å². The van der Waals surface area contributed by atoms with Crippen LogP contribution in [0.2, 0.25) is 0 Å². The van der Waals surface area contributed by atoms with E-state index in [0.29, 0.717) is 56.1 Å². The van der Waals surface area contributed by atoms with Crippen molar-refractivity contribution in [3.63, 3.8) is 0 Å². The van der Waals surface area contributed by atoms with E-state index in [2.05, 4.69) is 15.7 Å². The second kappa shape index (κ2) is 20.0. The molecule has 0 aromatic heterocycles. The van der Waals surface area contributed by atoms with E-state index in [1.165, 1.54) is 70.6 Å². The molecule has 0 radical (unpaired) electrons. The molecule has 6 aliphatic carbocycles. The Hall–Kier alpha value is -1.11. The van der Waals surface area contributed by atoms with Gasteiger partial charge < -0.3 is 15.3 Å². The lowest BCUT2D eigenvalue weighted by molar-refractivity contribution is -0.257. The molecule has 0 aromatic rings. The van der Waals surface area contributed by atoms with Gasteiger partial charge in [0.1, 0.15) is 0 Å². The molecular formula is C40H68N2O8S. The van der Waals surface area contributed by atoms with Crippen molar-refractivity contribution in [2.24, 2.45) is 47.3 Å². The normalized spacial score (nSPS) is 38.1. The summed E-state index contributed by atoms with van der Waals surface area (Å²) in [7, 11) is 0. The summed E-state index contributed by atoms with van der Waals surface area (Å²) in [5.74, 6) is 1.25. The number of carbonyl (C=O) groups is 2. The molecule has 6 aliphatic rings. The Balaban J connectivity index is 0.939. The third-order valence-electron chi connectivity index (χ3n) is 14.3. The van der Waals surface area contributed by atoms with Crippen molar-refractivity contribution in [2.45, 2.75) is 178 Å². The van der Waals surface area contributed by atoms with Crippen LogP contribution in [0.1, 0.15) is 154 Å². The maximum atomic E-state index is 13.6. The molecule has 4 N–H and O–H groups in total. The molecule has 0 aliphatic heterocycles. The van der Waals surface area contributed by atoms with Crippen molar-refractivity contribution >= 4 is 23.0 Å². The first-order valence-electron chi connectivity index (χ1n) is 21.1. The van der Waals surface area contributed by atoms with Crippen LogP contribution in [0.5, 0.6) is 0 Å². The molecule has 6 fully saturated rings. The molecule has 11 unspecified atom stereocenters. The van der Waals surface area contributed by atoms with Gasteiger partial charge in [0.15, 0.2) is 11.1 Å². The van der Waals surface area contributed by atoms with Crippen LogP contribution in [-0.4, -0.2) is 63.1 Å².